The zero-order valence-electron chi connectivity index (χ0n) is 24.6. The highest BCUT2D eigenvalue weighted by atomic mass is 35.5. The maximum Gasteiger partial charge on any atom is 0.305 e. The predicted molar refractivity (Wildman–Crippen MR) is 149 cm³/mol. The van der Waals surface area contributed by atoms with Crippen LogP contribution in [0, 0.1) is 28.1 Å². The molecule has 1 N–H and O–H groups in total. The summed E-state index contributed by atoms with van der Waals surface area (Å²) in [7, 11) is 1.29. The van der Waals surface area contributed by atoms with Crippen molar-refractivity contribution in [3.8, 4) is 0 Å². The molecule has 0 radical (unpaired) electrons. The van der Waals surface area contributed by atoms with Gasteiger partial charge < -0.3 is 23.7 Å². The Labute approximate surface area is 245 Å². The fourth-order valence-electron chi connectivity index (χ4n) is 8.04. The van der Waals surface area contributed by atoms with E-state index in [0.29, 0.717) is 17.6 Å². The molecule has 41 heavy (non-hydrogen) atoms. The number of methoxy groups -OCH3 is 1. The lowest BCUT2D eigenvalue weighted by Crippen LogP contribution is -2.61. The van der Waals surface area contributed by atoms with Gasteiger partial charge in [0, 0.05) is 47.8 Å². The third-order valence-corrected chi connectivity index (χ3v) is 10.1. The lowest BCUT2D eigenvalue weighted by molar-refractivity contribution is -0.189. The molecular weight excluding hydrogens is 552 g/mol. The maximum atomic E-state index is 13.2. The molecule has 10 heteroatoms. The smallest absolute Gasteiger partial charge is 0.305 e. The molecule has 4 rings (SSSR count). The molecule has 0 bridgehead atoms. The largest absolute Gasteiger partial charge is 0.472 e. The quantitative estimate of drug-likeness (QED) is 0.211. The molecule has 0 aliphatic heterocycles. The van der Waals surface area contributed by atoms with Crippen LogP contribution in [-0.2, 0) is 33.4 Å². The van der Waals surface area contributed by atoms with Gasteiger partial charge in [-0.15, -0.1) is 11.6 Å². The molecule has 224 valence electrons. The van der Waals surface area contributed by atoms with E-state index in [1.54, 1.807) is 32.3 Å². The van der Waals surface area contributed by atoms with Crippen LogP contribution in [0.15, 0.2) is 46.3 Å². The summed E-state index contributed by atoms with van der Waals surface area (Å²) in [6.07, 6.45) is 3.52. The molecule has 1 heterocycles. The molecule has 0 saturated heterocycles. The number of halogens is 1. The van der Waals surface area contributed by atoms with Crippen molar-refractivity contribution in [2.24, 2.45) is 28.1 Å². The number of alkyl halides is 1. The molecule has 1 fully saturated rings. The molecule has 3 aliphatic carbocycles. The van der Waals surface area contributed by atoms with Gasteiger partial charge in [0.25, 0.3) is 0 Å². The van der Waals surface area contributed by atoms with Gasteiger partial charge in [-0.1, -0.05) is 33.8 Å². The molecule has 0 unspecified atom stereocenters. The minimum Gasteiger partial charge on any atom is -0.472 e. The van der Waals surface area contributed by atoms with Crippen LogP contribution >= 0.6 is 11.6 Å². The molecule has 8 atom stereocenters. The summed E-state index contributed by atoms with van der Waals surface area (Å²) < 4.78 is 22.5. The van der Waals surface area contributed by atoms with E-state index in [0.717, 1.165) is 5.56 Å². The summed E-state index contributed by atoms with van der Waals surface area (Å²) in [4.78, 5) is 51.2. The number of ether oxygens (including phenoxy) is 3. The molecule has 9 nitrogen and oxygen atoms in total. The number of fused-ring (bicyclic) bond motifs is 1. The number of rotatable bonds is 7. The van der Waals surface area contributed by atoms with Gasteiger partial charge in [0.15, 0.2) is 5.78 Å². The summed E-state index contributed by atoms with van der Waals surface area (Å²) in [5.74, 6) is -3.60. The Morgan fingerprint density at radius 1 is 1.12 bits per heavy atom. The standard InChI is InChI=1S/C31H39ClO9/c1-16(33)40-27-26(30(5)10-8-23(36)29(3,4)22(30)13-24(37)38-7)19(14-32)25-21(35)12-20(18-9-11-39-15-18)31(25,6)28(27)41-17(2)34/h8-11,15,20-22,26-28,35H,12-14H2,1-7H3/t20-,21+,22-,26+,27+,28-,30-,31-/m0/s1. The normalized spacial score (nSPS) is 36.1. The van der Waals surface area contributed by atoms with Gasteiger partial charge in [-0.3, -0.25) is 19.2 Å². The zero-order chi connectivity index (χ0) is 30.5. The number of carbonyl (C=O) groups excluding carboxylic acids is 4. The van der Waals surface area contributed by atoms with Crippen molar-refractivity contribution in [1.29, 1.82) is 0 Å². The summed E-state index contributed by atoms with van der Waals surface area (Å²) in [6.45, 7) is 9.89. The van der Waals surface area contributed by atoms with E-state index in [4.69, 9.17) is 30.2 Å². The SMILES string of the molecule is COC(=O)C[C@H]1C(C)(C)C(=O)C=C[C@]1(C)[C@@H]1C(CCl)=C2[C@H](O)C[C@@H](c3ccoc3)[C@]2(C)[C@@H](OC(C)=O)[C@@H]1OC(C)=O. The second-order valence-electron chi connectivity index (χ2n) is 12.4. The van der Waals surface area contributed by atoms with Gasteiger partial charge in [-0.25, -0.2) is 0 Å². The first kappa shape index (κ1) is 31.0. The lowest BCUT2D eigenvalue weighted by atomic mass is 9.48. The van der Waals surface area contributed by atoms with Crippen LogP contribution < -0.4 is 0 Å². The molecule has 1 saturated carbocycles. The Hall–Kier alpha value is -2.91. The highest BCUT2D eigenvalue weighted by Crippen LogP contribution is 2.65. The van der Waals surface area contributed by atoms with Crippen molar-refractivity contribution in [3.05, 3.63) is 47.5 Å². The number of hydrogen-bond acceptors (Lipinski definition) is 9. The third kappa shape index (κ3) is 4.95. The van der Waals surface area contributed by atoms with Crippen LogP contribution in [-0.4, -0.2) is 60.1 Å². The first-order valence-corrected chi connectivity index (χ1v) is 14.3. The first-order valence-electron chi connectivity index (χ1n) is 13.8. The van der Waals surface area contributed by atoms with Gasteiger partial charge in [-0.05, 0) is 41.2 Å². The van der Waals surface area contributed by atoms with E-state index < -0.39 is 64.3 Å². The highest BCUT2D eigenvalue weighted by molar-refractivity contribution is 6.19. The first-order chi connectivity index (χ1) is 19.1. The van der Waals surface area contributed by atoms with Gasteiger partial charge in [0.1, 0.15) is 12.2 Å². The number of carbonyl (C=O) groups is 4. The molecule has 1 aromatic heterocycles. The molecule has 1 aromatic rings. The Morgan fingerprint density at radius 3 is 2.32 bits per heavy atom. The average molecular weight is 591 g/mol. The maximum absolute atomic E-state index is 13.2. The Kier molecular flexibility index (Phi) is 8.37. The van der Waals surface area contributed by atoms with Crippen LogP contribution in [0.2, 0.25) is 0 Å². The van der Waals surface area contributed by atoms with Gasteiger partial charge in [0.2, 0.25) is 0 Å². The van der Waals surface area contributed by atoms with Crippen LogP contribution in [0.4, 0.5) is 0 Å². The number of aliphatic hydroxyl groups excluding tert-OH is 1. The molecular formula is C31H39ClO9. The molecule has 0 amide bonds. The van der Waals surface area contributed by atoms with Crippen LogP contribution in [0.3, 0.4) is 0 Å². The van der Waals surface area contributed by atoms with E-state index in [2.05, 4.69) is 0 Å². The van der Waals surface area contributed by atoms with Crippen molar-refractivity contribution in [1.82, 2.24) is 0 Å². The fourth-order valence-corrected chi connectivity index (χ4v) is 8.35. The number of allylic oxidation sites excluding steroid dienone is 2. The lowest BCUT2D eigenvalue weighted by Gasteiger charge is -2.57. The van der Waals surface area contributed by atoms with Gasteiger partial charge in [0.05, 0.1) is 32.2 Å². The second-order valence-corrected chi connectivity index (χ2v) is 12.7. The van der Waals surface area contributed by atoms with Crippen molar-refractivity contribution in [2.75, 3.05) is 13.0 Å². The van der Waals surface area contributed by atoms with E-state index in [1.807, 2.05) is 13.8 Å². The number of aliphatic hydroxyl groups is 1. The third-order valence-electron chi connectivity index (χ3n) is 9.84. The number of ketones is 1. The van der Waals surface area contributed by atoms with Crippen molar-refractivity contribution >= 4 is 35.3 Å². The summed E-state index contributed by atoms with van der Waals surface area (Å²) in [6, 6.07) is 1.80. The highest BCUT2D eigenvalue weighted by Gasteiger charge is 2.67. The number of furan rings is 1. The predicted octanol–water partition coefficient (Wildman–Crippen LogP) is 4.51. The van der Waals surface area contributed by atoms with Gasteiger partial charge >= 0.3 is 17.9 Å². The Balaban J connectivity index is 2.06. The summed E-state index contributed by atoms with van der Waals surface area (Å²) in [5.41, 5.74) is -1.00. The molecule has 0 aromatic carbocycles. The van der Waals surface area contributed by atoms with Crippen molar-refractivity contribution in [3.63, 3.8) is 0 Å². The summed E-state index contributed by atoms with van der Waals surface area (Å²) >= 11 is 6.74. The topological polar surface area (TPSA) is 129 Å². The van der Waals surface area contributed by atoms with Crippen LogP contribution in [0.1, 0.15) is 65.9 Å². The summed E-state index contributed by atoms with van der Waals surface area (Å²) in [5, 5.41) is 11.6. The minimum atomic E-state index is -1.06. The van der Waals surface area contributed by atoms with E-state index in [1.165, 1.54) is 33.3 Å². The second kappa shape index (κ2) is 11.1. The Bertz CT molecular complexity index is 1280. The molecule has 0 spiro atoms. The van der Waals surface area contributed by atoms with Crippen LogP contribution in [0.5, 0.6) is 0 Å². The Morgan fingerprint density at radius 2 is 1.78 bits per heavy atom. The monoisotopic (exact) mass is 590 g/mol. The van der Waals surface area contributed by atoms with E-state index in [9.17, 15) is 24.3 Å². The fraction of sp³-hybridized carbons (Fsp3) is 0.613. The number of hydrogen-bond donors (Lipinski definition) is 1. The van der Waals surface area contributed by atoms with Gasteiger partial charge in [-0.2, -0.15) is 0 Å². The zero-order valence-corrected chi connectivity index (χ0v) is 25.3. The number of esters is 3. The van der Waals surface area contributed by atoms with Crippen molar-refractivity contribution < 1.29 is 42.9 Å². The minimum absolute atomic E-state index is 0.0297. The van der Waals surface area contributed by atoms with Crippen LogP contribution in [0.25, 0.3) is 0 Å². The van der Waals surface area contributed by atoms with E-state index >= 15 is 0 Å². The molecule has 3 aliphatic rings. The average Bonchev–Trinajstić information content (AvgIpc) is 3.51. The van der Waals surface area contributed by atoms with E-state index in [-0.39, 0.29) is 24.0 Å². The van der Waals surface area contributed by atoms with Crippen molar-refractivity contribution in [2.45, 2.75) is 78.6 Å².